The average molecular weight is 347 g/mol. The van der Waals surface area contributed by atoms with Crippen LogP contribution >= 0.6 is 0 Å². The summed E-state index contributed by atoms with van der Waals surface area (Å²) in [5, 5.41) is 4.92. The molecule has 0 unspecified atom stereocenters. The molecule has 3 aromatic rings. The van der Waals surface area contributed by atoms with E-state index in [2.05, 4.69) is 42.6 Å². The van der Waals surface area contributed by atoms with E-state index in [0.29, 0.717) is 25.3 Å². The zero-order valence-corrected chi connectivity index (χ0v) is 14.7. The van der Waals surface area contributed by atoms with Gasteiger partial charge in [0, 0.05) is 5.56 Å². The Morgan fingerprint density at radius 1 is 0.962 bits per heavy atom. The average Bonchev–Trinajstić information content (AvgIpc) is 3.20. The van der Waals surface area contributed by atoms with Crippen LogP contribution in [0.4, 0.5) is 0 Å². The number of carbonyl (C=O) groups excluding carboxylic acids is 1. The molecule has 4 heteroatoms. The molecule has 4 nitrogen and oxygen atoms in total. The van der Waals surface area contributed by atoms with Crippen molar-refractivity contribution in [2.75, 3.05) is 19.8 Å². The highest BCUT2D eigenvalue weighted by Gasteiger charge is 2.18. The lowest BCUT2D eigenvalue weighted by atomic mass is 9.94. The van der Waals surface area contributed by atoms with E-state index in [1.54, 1.807) is 0 Å². The highest BCUT2D eigenvalue weighted by atomic mass is 16.7. The molecule has 132 valence electrons. The number of benzene rings is 3. The molecule has 1 fully saturated rings. The maximum Gasteiger partial charge on any atom is 0.252 e. The molecule has 26 heavy (non-hydrogen) atoms. The second-order valence-corrected chi connectivity index (χ2v) is 6.45. The van der Waals surface area contributed by atoms with Gasteiger partial charge in [-0.1, -0.05) is 60.2 Å². The lowest BCUT2D eigenvalue weighted by Crippen LogP contribution is -2.32. The zero-order chi connectivity index (χ0) is 17.9. The molecular formula is C22H21NO3. The molecule has 1 aliphatic heterocycles. The number of rotatable bonds is 4. The van der Waals surface area contributed by atoms with Crippen molar-refractivity contribution >= 4 is 16.7 Å². The third kappa shape index (κ3) is 3.34. The first kappa shape index (κ1) is 16.8. The van der Waals surface area contributed by atoms with Crippen molar-refractivity contribution in [1.82, 2.24) is 5.32 Å². The molecule has 4 rings (SSSR count). The molecule has 0 saturated carbocycles. The monoisotopic (exact) mass is 347 g/mol. The second-order valence-electron chi connectivity index (χ2n) is 6.45. The van der Waals surface area contributed by atoms with Crippen molar-refractivity contribution in [1.29, 1.82) is 0 Å². The summed E-state index contributed by atoms with van der Waals surface area (Å²) in [6, 6.07) is 20.4. The summed E-state index contributed by atoms with van der Waals surface area (Å²) in [4.78, 5) is 12.7. The van der Waals surface area contributed by atoms with Gasteiger partial charge in [0.25, 0.3) is 5.91 Å². The number of carbonyl (C=O) groups is 1. The molecule has 0 aliphatic carbocycles. The van der Waals surface area contributed by atoms with Crippen molar-refractivity contribution in [2.45, 2.75) is 13.2 Å². The maximum absolute atomic E-state index is 12.7. The van der Waals surface area contributed by atoms with Gasteiger partial charge in [-0.15, -0.1) is 0 Å². The van der Waals surface area contributed by atoms with Gasteiger partial charge >= 0.3 is 0 Å². The Bertz CT molecular complexity index is 928. The largest absolute Gasteiger partial charge is 0.348 e. The number of hydrogen-bond donors (Lipinski definition) is 1. The van der Waals surface area contributed by atoms with Crippen molar-refractivity contribution < 1.29 is 14.3 Å². The van der Waals surface area contributed by atoms with Crippen molar-refractivity contribution in [3.63, 3.8) is 0 Å². The molecule has 0 spiro atoms. The summed E-state index contributed by atoms with van der Waals surface area (Å²) in [5.41, 5.74) is 4.16. The minimum absolute atomic E-state index is 0.115. The van der Waals surface area contributed by atoms with Crippen LogP contribution in [0.5, 0.6) is 0 Å². The maximum atomic E-state index is 12.7. The highest BCUT2D eigenvalue weighted by Crippen LogP contribution is 2.31. The van der Waals surface area contributed by atoms with Gasteiger partial charge in [0.1, 0.15) is 0 Å². The van der Waals surface area contributed by atoms with Crippen LogP contribution in [-0.4, -0.2) is 32.0 Å². The SMILES string of the molecule is Cc1ccc(-c2ccc(C(=O)NCC3OCCO3)c3ccccc23)cc1. The number of aryl methyl sites for hydroxylation is 1. The Morgan fingerprint density at radius 3 is 2.38 bits per heavy atom. The third-order valence-corrected chi connectivity index (χ3v) is 4.65. The van der Waals surface area contributed by atoms with Gasteiger partial charge in [0.05, 0.1) is 19.8 Å². The van der Waals surface area contributed by atoms with Crippen molar-refractivity contribution in [3.8, 4) is 11.1 Å². The van der Waals surface area contributed by atoms with Gasteiger partial charge in [-0.2, -0.15) is 0 Å². The first-order valence-corrected chi connectivity index (χ1v) is 8.82. The van der Waals surface area contributed by atoms with Crippen LogP contribution in [-0.2, 0) is 9.47 Å². The van der Waals surface area contributed by atoms with Gasteiger partial charge in [-0.25, -0.2) is 0 Å². The summed E-state index contributed by atoms with van der Waals surface area (Å²) in [7, 11) is 0. The van der Waals surface area contributed by atoms with E-state index in [0.717, 1.165) is 21.9 Å². The predicted octanol–water partition coefficient (Wildman–Crippen LogP) is 3.92. The summed E-state index contributed by atoms with van der Waals surface area (Å²) in [5.74, 6) is -0.115. The van der Waals surface area contributed by atoms with Crippen molar-refractivity contribution in [2.24, 2.45) is 0 Å². The molecule has 0 radical (unpaired) electrons. The Hall–Kier alpha value is -2.69. The molecule has 0 bridgehead atoms. The first-order chi connectivity index (χ1) is 12.7. The quantitative estimate of drug-likeness (QED) is 0.778. The number of fused-ring (bicyclic) bond motifs is 1. The van der Waals surface area contributed by atoms with E-state index in [4.69, 9.17) is 9.47 Å². The third-order valence-electron chi connectivity index (χ3n) is 4.65. The summed E-state index contributed by atoms with van der Waals surface area (Å²) in [6.45, 7) is 3.59. The molecule has 1 heterocycles. The van der Waals surface area contributed by atoms with Crippen LogP contribution in [0, 0.1) is 6.92 Å². The normalized spacial score (nSPS) is 14.7. The number of nitrogens with one attached hydrogen (secondary N) is 1. The summed E-state index contributed by atoms with van der Waals surface area (Å²) >= 11 is 0. The first-order valence-electron chi connectivity index (χ1n) is 8.82. The van der Waals surface area contributed by atoms with Crippen LogP contribution < -0.4 is 5.32 Å². The smallest absolute Gasteiger partial charge is 0.252 e. The Kier molecular flexibility index (Phi) is 4.69. The van der Waals surface area contributed by atoms with E-state index in [-0.39, 0.29) is 12.2 Å². The minimum atomic E-state index is -0.350. The standard InChI is InChI=1S/C22H21NO3/c1-15-6-8-16(9-7-15)17-10-11-20(19-5-3-2-4-18(17)19)22(24)23-14-21-25-12-13-26-21/h2-11,21H,12-14H2,1H3,(H,23,24). The van der Waals surface area contributed by atoms with Crippen LogP contribution in [0.2, 0.25) is 0 Å². The minimum Gasteiger partial charge on any atom is -0.348 e. The lowest BCUT2D eigenvalue weighted by molar-refractivity contribution is -0.0379. The van der Waals surface area contributed by atoms with E-state index < -0.39 is 0 Å². The topological polar surface area (TPSA) is 47.6 Å². The molecule has 1 amide bonds. The molecule has 1 N–H and O–H groups in total. The number of hydrogen-bond acceptors (Lipinski definition) is 3. The van der Waals surface area contributed by atoms with E-state index >= 15 is 0 Å². The van der Waals surface area contributed by atoms with Gasteiger partial charge in [0.2, 0.25) is 0 Å². The second kappa shape index (κ2) is 7.28. The molecule has 1 aliphatic rings. The van der Waals surface area contributed by atoms with Crippen LogP contribution in [0.1, 0.15) is 15.9 Å². The number of amides is 1. The highest BCUT2D eigenvalue weighted by molar-refractivity contribution is 6.10. The van der Waals surface area contributed by atoms with E-state index in [1.165, 1.54) is 5.56 Å². The summed E-state index contributed by atoms with van der Waals surface area (Å²) in [6.07, 6.45) is -0.350. The van der Waals surface area contributed by atoms with Crippen LogP contribution in [0.15, 0.2) is 60.7 Å². The number of ether oxygens (including phenoxy) is 2. The van der Waals surface area contributed by atoms with Gasteiger partial charge < -0.3 is 14.8 Å². The molecule has 3 aromatic carbocycles. The molecule has 0 aromatic heterocycles. The fraction of sp³-hybridized carbons (Fsp3) is 0.227. The zero-order valence-electron chi connectivity index (χ0n) is 14.7. The molecular weight excluding hydrogens is 326 g/mol. The van der Waals surface area contributed by atoms with Crippen molar-refractivity contribution in [3.05, 3.63) is 71.8 Å². The Balaban J connectivity index is 1.67. The fourth-order valence-electron chi connectivity index (χ4n) is 3.28. The Morgan fingerprint density at radius 2 is 1.65 bits per heavy atom. The molecule has 0 atom stereocenters. The van der Waals surface area contributed by atoms with E-state index in [1.807, 2.05) is 30.3 Å². The van der Waals surface area contributed by atoms with Gasteiger partial charge in [0.15, 0.2) is 6.29 Å². The lowest BCUT2D eigenvalue weighted by Gasteiger charge is -2.14. The predicted molar refractivity (Wildman–Crippen MR) is 102 cm³/mol. The van der Waals surface area contributed by atoms with Gasteiger partial charge in [-0.05, 0) is 34.9 Å². The van der Waals surface area contributed by atoms with Crippen LogP contribution in [0.3, 0.4) is 0 Å². The van der Waals surface area contributed by atoms with Crippen LogP contribution in [0.25, 0.3) is 21.9 Å². The van der Waals surface area contributed by atoms with E-state index in [9.17, 15) is 4.79 Å². The van der Waals surface area contributed by atoms with Gasteiger partial charge in [-0.3, -0.25) is 4.79 Å². The molecule has 1 saturated heterocycles. The Labute approximate surface area is 152 Å². The fourth-order valence-corrected chi connectivity index (χ4v) is 3.28. The summed E-state index contributed by atoms with van der Waals surface area (Å²) < 4.78 is 10.8.